The van der Waals surface area contributed by atoms with E-state index in [9.17, 15) is 0 Å². The molecule has 0 radical (unpaired) electrons. The van der Waals surface area contributed by atoms with Crippen molar-refractivity contribution in [3.05, 3.63) is 30.3 Å². The van der Waals surface area contributed by atoms with Crippen molar-refractivity contribution in [2.75, 3.05) is 6.61 Å². The molecule has 0 aliphatic rings. The van der Waals surface area contributed by atoms with Crippen LogP contribution in [0, 0.1) is 0 Å². The molecule has 0 N–H and O–H groups in total. The Kier molecular flexibility index (Phi) is 32.5. The van der Waals surface area contributed by atoms with E-state index in [0.717, 1.165) is 12.4 Å². The van der Waals surface area contributed by atoms with Gasteiger partial charge in [-0.3, -0.25) is 0 Å². The van der Waals surface area contributed by atoms with Crippen molar-refractivity contribution in [3.8, 4) is 5.75 Å². The monoisotopic (exact) mass is 384 g/mol. The molecule has 0 spiro atoms. The van der Waals surface area contributed by atoms with Gasteiger partial charge in [0.1, 0.15) is 5.75 Å². The van der Waals surface area contributed by atoms with Crippen LogP contribution in [0.25, 0.3) is 0 Å². The summed E-state index contributed by atoms with van der Waals surface area (Å²) in [6, 6.07) is 10.1. The number of ether oxygens (including phenoxy) is 1. The van der Waals surface area contributed by atoms with E-state index < -0.39 is 7.82 Å². The third-order valence-corrected chi connectivity index (χ3v) is 2.76. The van der Waals surface area contributed by atoms with Crippen LogP contribution in [0.15, 0.2) is 30.3 Å². The molecule has 0 saturated heterocycles. The first-order valence-corrected chi connectivity index (χ1v) is 8.80. The molecule has 0 heterocycles. The first kappa shape index (κ1) is 33.7. The van der Waals surface area contributed by atoms with E-state index in [1.807, 2.05) is 30.3 Å². The van der Waals surface area contributed by atoms with Crippen molar-refractivity contribution in [3.63, 3.8) is 0 Å². The molecule has 1 aromatic rings. The topological polar surface area (TPSA) is 95.5 Å². The molecule has 122 valence electrons. The van der Waals surface area contributed by atoms with Gasteiger partial charge >= 0.3 is 88.7 Å². The minimum atomic E-state index is -5.39. The molecule has 5 nitrogen and oxygen atoms in total. The number of benzene rings is 1. The summed E-state index contributed by atoms with van der Waals surface area (Å²) in [6.07, 6.45) is 9.35. The van der Waals surface area contributed by atoms with Gasteiger partial charge in [-0.1, -0.05) is 63.6 Å². The molecule has 0 unspecified atom stereocenters. The van der Waals surface area contributed by atoms with Crippen molar-refractivity contribution >= 4 is 7.82 Å². The van der Waals surface area contributed by atoms with Crippen molar-refractivity contribution in [2.24, 2.45) is 0 Å². The van der Waals surface area contributed by atoms with Gasteiger partial charge in [0.2, 0.25) is 0 Å². The summed E-state index contributed by atoms with van der Waals surface area (Å²) < 4.78 is 14.2. The smallest absolute Gasteiger partial charge is 0.822 e. The Balaban J connectivity index is -0.000000221. The van der Waals surface area contributed by atoms with Crippen LogP contribution in [0.4, 0.5) is 0 Å². The number of rotatable bonds is 9. The fraction of sp³-hybridized carbons (Fsp3) is 0.600. The van der Waals surface area contributed by atoms with E-state index in [-0.39, 0.29) is 88.7 Å². The van der Waals surface area contributed by atoms with Crippen LogP contribution in [0.1, 0.15) is 51.9 Å². The molecular formula is C15H24Na3O5P. The zero-order valence-corrected chi connectivity index (χ0v) is 22.4. The maximum absolute atomic E-state index is 8.55. The van der Waals surface area contributed by atoms with Crippen LogP contribution in [0.2, 0.25) is 0 Å². The SMILES string of the molecule is CCCCCCCCCOc1ccccc1.O=P([O-])([O-])[O-].[Na+].[Na+].[Na+]. The average molecular weight is 384 g/mol. The quantitative estimate of drug-likeness (QED) is 0.240. The number of unbranched alkanes of at least 4 members (excludes halogenated alkanes) is 6. The minimum Gasteiger partial charge on any atom is -0.822 e. The van der Waals surface area contributed by atoms with Crippen LogP contribution in [-0.2, 0) is 4.57 Å². The molecule has 1 rings (SSSR count). The molecule has 0 bridgehead atoms. The fourth-order valence-electron chi connectivity index (χ4n) is 1.77. The molecule has 0 atom stereocenters. The van der Waals surface area contributed by atoms with Crippen molar-refractivity contribution in [1.29, 1.82) is 0 Å². The Morgan fingerprint density at radius 2 is 1.25 bits per heavy atom. The van der Waals surface area contributed by atoms with Gasteiger partial charge in [-0.05, 0) is 18.6 Å². The van der Waals surface area contributed by atoms with Gasteiger partial charge in [0.15, 0.2) is 0 Å². The third kappa shape index (κ3) is 31.9. The Labute approximate surface area is 212 Å². The Morgan fingerprint density at radius 1 is 0.833 bits per heavy atom. The number of para-hydroxylation sites is 1. The summed E-state index contributed by atoms with van der Waals surface area (Å²) in [6.45, 7) is 3.12. The van der Waals surface area contributed by atoms with Crippen LogP contribution in [0.3, 0.4) is 0 Å². The molecule has 9 heteroatoms. The molecule has 0 fully saturated rings. The molecule has 0 amide bonds. The second kappa shape index (κ2) is 23.2. The molecule has 0 aliphatic carbocycles. The second-order valence-electron chi connectivity index (χ2n) is 4.73. The summed E-state index contributed by atoms with van der Waals surface area (Å²) in [7, 11) is -5.39. The van der Waals surface area contributed by atoms with E-state index in [2.05, 4.69) is 6.92 Å². The van der Waals surface area contributed by atoms with E-state index in [1.54, 1.807) is 0 Å². The number of hydrogen-bond donors (Lipinski definition) is 0. The summed E-state index contributed by atoms with van der Waals surface area (Å²) in [5.74, 6) is 0.994. The molecular weight excluding hydrogens is 360 g/mol. The summed E-state index contributed by atoms with van der Waals surface area (Å²) >= 11 is 0. The second-order valence-corrected chi connectivity index (χ2v) is 5.62. The first-order valence-electron chi connectivity index (χ1n) is 7.34. The summed E-state index contributed by atoms with van der Waals surface area (Å²) in [5, 5.41) is 0. The van der Waals surface area contributed by atoms with Crippen LogP contribution >= 0.6 is 7.82 Å². The number of hydrogen-bond acceptors (Lipinski definition) is 5. The minimum absolute atomic E-state index is 0. The number of phosphoric acid groups is 1. The molecule has 24 heavy (non-hydrogen) atoms. The normalized spacial score (nSPS) is 9.33. The molecule has 0 aromatic heterocycles. The van der Waals surface area contributed by atoms with Crippen molar-refractivity contribution in [2.45, 2.75) is 51.9 Å². The third-order valence-electron chi connectivity index (χ3n) is 2.76. The van der Waals surface area contributed by atoms with Gasteiger partial charge in [0.25, 0.3) is 0 Å². The maximum atomic E-state index is 8.55. The Hall–Kier alpha value is 2.13. The molecule has 0 saturated carbocycles. The predicted octanol–water partition coefficient (Wildman–Crippen LogP) is -7.00. The van der Waals surface area contributed by atoms with E-state index >= 15 is 0 Å². The van der Waals surface area contributed by atoms with Crippen molar-refractivity contribution in [1.82, 2.24) is 0 Å². The summed E-state index contributed by atoms with van der Waals surface area (Å²) in [4.78, 5) is 25.6. The van der Waals surface area contributed by atoms with Crippen LogP contribution in [-0.4, -0.2) is 6.61 Å². The van der Waals surface area contributed by atoms with E-state index in [0.29, 0.717) is 0 Å². The van der Waals surface area contributed by atoms with Gasteiger partial charge in [0, 0.05) is 0 Å². The molecule has 1 aromatic carbocycles. The van der Waals surface area contributed by atoms with Gasteiger partial charge in [-0.25, -0.2) is 0 Å². The van der Waals surface area contributed by atoms with Gasteiger partial charge < -0.3 is 24.0 Å². The summed E-state index contributed by atoms with van der Waals surface area (Å²) in [5.41, 5.74) is 0. The first-order chi connectivity index (χ1) is 9.93. The average Bonchev–Trinajstić information content (AvgIpc) is 2.41. The predicted molar refractivity (Wildman–Crippen MR) is 77.5 cm³/mol. The Morgan fingerprint density at radius 3 is 1.71 bits per heavy atom. The standard InChI is InChI=1S/C15H24O.3Na.H3O4P/c1-2-3-4-5-6-7-11-14-16-15-12-9-8-10-13-15;;;;1-5(2,3)4/h8-10,12-13H,2-7,11,14H2,1H3;;;;(H3,1,2,3,4)/q;3*+1;/p-3. The zero-order valence-electron chi connectivity index (χ0n) is 15.5. The van der Waals surface area contributed by atoms with Gasteiger partial charge in [-0.2, -0.15) is 7.82 Å². The Bertz CT molecular complexity index is 382. The van der Waals surface area contributed by atoms with E-state index in [4.69, 9.17) is 24.0 Å². The van der Waals surface area contributed by atoms with Gasteiger partial charge in [-0.15, -0.1) is 0 Å². The van der Waals surface area contributed by atoms with E-state index in [1.165, 1.54) is 44.9 Å². The van der Waals surface area contributed by atoms with Crippen LogP contribution < -0.4 is 108 Å². The zero-order chi connectivity index (χ0) is 16.0. The van der Waals surface area contributed by atoms with Crippen LogP contribution in [0.5, 0.6) is 5.75 Å². The largest absolute Gasteiger partial charge is 1.00 e. The van der Waals surface area contributed by atoms with Crippen molar-refractivity contribution < 1.29 is 113 Å². The fourth-order valence-corrected chi connectivity index (χ4v) is 1.77. The molecule has 0 aliphatic heterocycles. The van der Waals surface area contributed by atoms with Gasteiger partial charge in [0.05, 0.1) is 6.61 Å². The maximum Gasteiger partial charge on any atom is 1.00 e.